The van der Waals surface area contributed by atoms with Gasteiger partial charge in [-0.15, -0.1) is 0 Å². The van der Waals surface area contributed by atoms with Crippen molar-refractivity contribution in [1.82, 2.24) is 9.78 Å². The average Bonchev–Trinajstić information content (AvgIpc) is 2.08. The average molecular weight is 166 g/mol. The lowest BCUT2D eigenvalue weighted by atomic mass is 10.3. The molecular weight excluding hydrogens is 152 g/mol. The molecule has 12 heavy (non-hydrogen) atoms. The van der Waals surface area contributed by atoms with E-state index >= 15 is 0 Å². The molecule has 0 amide bonds. The van der Waals surface area contributed by atoms with E-state index in [0.717, 1.165) is 24.9 Å². The first-order valence-electron chi connectivity index (χ1n) is 4.28. The van der Waals surface area contributed by atoms with Crippen LogP contribution in [-0.4, -0.2) is 9.78 Å². The molecule has 0 atom stereocenters. The third-order valence-corrected chi connectivity index (χ3v) is 1.83. The van der Waals surface area contributed by atoms with Gasteiger partial charge in [0.1, 0.15) is 0 Å². The fourth-order valence-corrected chi connectivity index (χ4v) is 1.02. The molecule has 0 unspecified atom stereocenters. The fraction of sp³-hybridized carbons (Fsp3) is 0.556. The van der Waals surface area contributed by atoms with Crippen LogP contribution >= 0.6 is 0 Å². The van der Waals surface area contributed by atoms with Crippen molar-refractivity contribution in [1.29, 1.82) is 0 Å². The minimum atomic E-state index is 0.0333. The van der Waals surface area contributed by atoms with Crippen LogP contribution in [0.4, 0.5) is 0 Å². The van der Waals surface area contributed by atoms with Crippen LogP contribution in [0.15, 0.2) is 17.1 Å². The number of aryl methyl sites for hydroxylation is 2. The molecule has 0 aromatic carbocycles. The first kappa shape index (κ1) is 8.97. The highest BCUT2D eigenvalue weighted by atomic mass is 16.1. The Morgan fingerprint density at radius 1 is 1.58 bits per heavy atom. The predicted octanol–water partition coefficient (Wildman–Crippen LogP) is 1.35. The van der Waals surface area contributed by atoms with Crippen molar-refractivity contribution < 1.29 is 0 Å². The molecule has 0 spiro atoms. The summed E-state index contributed by atoms with van der Waals surface area (Å²) in [6.07, 6.45) is 3.77. The van der Waals surface area contributed by atoms with Crippen molar-refractivity contribution >= 4 is 0 Å². The first-order chi connectivity index (χ1) is 5.75. The molecule has 3 nitrogen and oxygen atoms in total. The van der Waals surface area contributed by atoms with Gasteiger partial charge in [-0.3, -0.25) is 4.79 Å². The van der Waals surface area contributed by atoms with Crippen molar-refractivity contribution in [2.75, 3.05) is 0 Å². The molecule has 3 heteroatoms. The van der Waals surface area contributed by atoms with Gasteiger partial charge in [0.2, 0.25) is 0 Å². The normalized spacial score (nSPS) is 10.2. The Balaban J connectivity index is 2.85. The van der Waals surface area contributed by atoms with Gasteiger partial charge in [-0.25, -0.2) is 4.68 Å². The van der Waals surface area contributed by atoms with E-state index in [4.69, 9.17) is 0 Å². The molecule has 0 radical (unpaired) electrons. The van der Waals surface area contributed by atoms with E-state index in [1.165, 1.54) is 4.68 Å². The standard InChI is InChI=1S/C9H14N2O/c1-3-4-7-11-9(12)8(2)5-6-10-11/h5-6H,3-4,7H2,1-2H3. The number of nitrogens with zero attached hydrogens (tertiary/aromatic N) is 2. The molecule has 0 aliphatic heterocycles. The van der Waals surface area contributed by atoms with Crippen LogP contribution in [-0.2, 0) is 6.54 Å². The number of hydrogen-bond donors (Lipinski definition) is 0. The maximum absolute atomic E-state index is 11.4. The van der Waals surface area contributed by atoms with E-state index in [-0.39, 0.29) is 5.56 Å². The third kappa shape index (κ3) is 1.94. The SMILES string of the molecule is CCCCn1nccc(C)c1=O. The largest absolute Gasteiger partial charge is 0.269 e. The predicted molar refractivity (Wildman–Crippen MR) is 48.1 cm³/mol. The Bertz CT molecular complexity index is 304. The molecular formula is C9H14N2O. The van der Waals surface area contributed by atoms with Crippen LogP contribution in [0.2, 0.25) is 0 Å². The minimum absolute atomic E-state index is 0.0333. The Hall–Kier alpha value is -1.12. The number of aromatic nitrogens is 2. The molecule has 0 saturated carbocycles. The molecule has 0 bridgehead atoms. The van der Waals surface area contributed by atoms with Crippen molar-refractivity contribution in [2.24, 2.45) is 0 Å². The second-order valence-electron chi connectivity index (χ2n) is 2.90. The van der Waals surface area contributed by atoms with E-state index in [1.807, 2.05) is 6.92 Å². The second kappa shape index (κ2) is 4.04. The van der Waals surface area contributed by atoms with Gasteiger partial charge in [-0.2, -0.15) is 5.10 Å². The Morgan fingerprint density at radius 3 is 3.00 bits per heavy atom. The van der Waals surface area contributed by atoms with Crippen LogP contribution < -0.4 is 5.56 Å². The minimum Gasteiger partial charge on any atom is -0.268 e. The Labute approximate surface area is 72.0 Å². The summed E-state index contributed by atoms with van der Waals surface area (Å²) in [5.41, 5.74) is 0.798. The van der Waals surface area contributed by atoms with Crippen molar-refractivity contribution in [3.05, 3.63) is 28.2 Å². The number of hydrogen-bond acceptors (Lipinski definition) is 2. The summed E-state index contributed by atoms with van der Waals surface area (Å²) in [5.74, 6) is 0. The molecule has 1 aromatic heterocycles. The van der Waals surface area contributed by atoms with Gasteiger partial charge in [0.25, 0.3) is 5.56 Å². The summed E-state index contributed by atoms with van der Waals surface area (Å²) in [6, 6.07) is 1.74. The summed E-state index contributed by atoms with van der Waals surface area (Å²) < 4.78 is 1.53. The quantitative estimate of drug-likeness (QED) is 0.679. The summed E-state index contributed by atoms with van der Waals surface area (Å²) in [7, 11) is 0. The van der Waals surface area contributed by atoms with E-state index in [2.05, 4.69) is 12.0 Å². The van der Waals surface area contributed by atoms with Crippen molar-refractivity contribution in [2.45, 2.75) is 33.2 Å². The van der Waals surface area contributed by atoms with Crippen LogP contribution in [0.1, 0.15) is 25.3 Å². The molecule has 0 N–H and O–H groups in total. The zero-order valence-electron chi connectivity index (χ0n) is 7.58. The molecule has 0 aliphatic carbocycles. The molecule has 1 aromatic rings. The summed E-state index contributed by atoms with van der Waals surface area (Å²) in [5, 5.41) is 3.98. The van der Waals surface area contributed by atoms with Gasteiger partial charge in [-0.1, -0.05) is 13.3 Å². The summed E-state index contributed by atoms with van der Waals surface area (Å²) >= 11 is 0. The van der Waals surface area contributed by atoms with Crippen molar-refractivity contribution in [3.63, 3.8) is 0 Å². The Kier molecular flexibility index (Phi) is 3.02. The van der Waals surface area contributed by atoms with Gasteiger partial charge < -0.3 is 0 Å². The monoisotopic (exact) mass is 166 g/mol. The van der Waals surface area contributed by atoms with Crippen LogP contribution in [0.25, 0.3) is 0 Å². The molecule has 1 heterocycles. The summed E-state index contributed by atoms with van der Waals surface area (Å²) in [4.78, 5) is 11.4. The first-order valence-corrected chi connectivity index (χ1v) is 4.28. The highest BCUT2D eigenvalue weighted by Gasteiger charge is 1.97. The molecule has 0 fully saturated rings. The lowest BCUT2D eigenvalue weighted by Crippen LogP contribution is -2.24. The maximum Gasteiger partial charge on any atom is 0.269 e. The van der Waals surface area contributed by atoms with Crippen LogP contribution in [0, 0.1) is 6.92 Å². The zero-order valence-corrected chi connectivity index (χ0v) is 7.58. The van der Waals surface area contributed by atoms with E-state index < -0.39 is 0 Å². The summed E-state index contributed by atoms with van der Waals surface area (Å²) in [6.45, 7) is 4.64. The van der Waals surface area contributed by atoms with E-state index in [1.54, 1.807) is 12.3 Å². The zero-order chi connectivity index (χ0) is 8.97. The highest BCUT2D eigenvalue weighted by Crippen LogP contribution is 1.90. The number of unbranched alkanes of at least 4 members (excludes halogenated alkanes) is 1. The van der Waals surface area contributed by atoms with Gasteiger partial charge >= 0.3 is 0 Å². The van der Waals surface area contributed by atoms with Crippen LogP contribution in [0.3, 0.4) is 0 Å². The molecule has 1 rings (SSSR count). The third-order valence-electron chi connectivity index (χ3n) is 1.83. The number of rotatable bonds is 3. The Morgan fingerprint density at radius 2 is 2.33 bits per heavy atom. The molecule has 0 aliphatic rings. The van der Waals surface area contributed by atoms with Gasteiger partial charge in [-0.05, 0) is 19.4 Å². The lowest BCUT2D eigenvalue weighted by Gasteiger charge is -2.02. The van der Waals surface area contributed by atoms with E-state index in [9.17, 15) is 4.79 Å². The van der Waals surface area contributed by atoms with Gasteiger partial charge in [0.05, 0.1) is 0 Å². The molecule has 0 saturated heterocycles. The second-order valence-corrected chi connectivity index (χ2v) is 2.90. The topological polar surface area (TPSA) is 34.9 Å². The van der Waals surface area contributed by atoms with E-state index in [0.29, 0.717) is 0 Å². The van der Waals surface area contributed by atoms with Crippen molar-refractivity contribution in [3.8, 4) is 0 Å². The maximum atomic E-state index is 11.4. The highest BCUT2D eigenvalue weighted by molar-refractivity contribution is 5.02. The van der Waals surface area contributed by atoms with Gasteiger partial charge in [0, 0.05) is 18.3 Å². The lowest BCUT2D eigenvalue weighted by molar-refractivity contribution is 0.540. The van der Waals surface area contributed by atoms with Crippen LogP contribution in [0.5, 0.6) is 0 Å². The fourth-order valence-electron chi connectivity index (χ4n) is 1.02. The molecule has 66 valence electrons. The smallest absolute Gasteiger partial charge is 0.268 e. The van der Waals surface area contributed by atoms with Gasteiger partial charge in [0.15, 0.2) is 0 Å².